The molecule has 188 valence electrons. The van der Waals surface area contributed by atoms with Crippen molar-refractivity contribution in [2.45, 2.75) is 71.6 Å². The second-order valence-corrected chi connectivity index (χ2v) is 9.45. The molecule has 5 nitrogen and oxygen atoms in total. The van der Waals surface area contributed by atoms with Crippen LogP contribution in [-0.2, 0) is 12.6 Å². The number of hydrogen-bond donors (Lipinski definition) is 2. The number of alkyl halides is 3. The molecule has 0 saturated carbocycles. The van der Waals surface area contributed by atoms with Crippen LogP contribution in [0.5, 0.6) is 5.75 Å². The second-order valence-electron chi connectivity index (χ2n) is 9.45. The van der Waals surface area contributed by atoms with Crippen molar-refractivity contribution in [1.29, 1.82) is 0 Å². The number of benzene rings is 2. The van der Waals surface area contributed by atoms with Crippen LogP contribution in [0.4, 0.5) is 36.3 Å². The third kappa shape index (κ3) is 8.46. The van der Waals surface area contributed by atoms with Crippen molar-refractivity contribution in [3.05, 3.63) is 65.9 Å². The summed E-state index contributed by atoms with van der Waals surface area (Å²) in [5, 5.41) is 5.77. The van der Waals surface area contributed by atoms with Crippen LogP contribution in [0.15, 0.2) is 54.7 Å². The standard InChI is InChI=1S/C27H33F3N4O/c1-5-6-7-8-9-19-10-12-21(13-11-19)33-25-31-18-23(27(28,29)30)24(34-25)32-20-14-16-22(17-15-20)35-26(2,3)4/h10-18H,5-9H2,1-4H3,(H2,31,32,33,34). The molecular formula is C27H33F3N4O. The second kappa shape index (κ2) is 11.4. The van der Waals surface area contributed by atoms with E-state index < -0.39 is 11.7 Å². The molecule has 0 amide bonds. The number of anilines is 4. The highest BCUT2D eigenvalue weighted by atomic mass is 19.4. The van der Waals surface area contributed by atoms with E-state index in [1.807, 2.05) is 45.0 Å². The van der Waals surface area contributed by atoms with Crippen LogP contribution in [0.3, 0.4) is 0 Å². The van der Waals surface area contributed by atoms with Gasteiger partial charge in [-0.2, -0.15) is 18.2 Å². The van der Waals surface area contributed by atoms with E-state index in [-0.39, 0.29) is 17.4 Å². The van der Waals surface area contributed by atoms with Gasteiger partial charge in [0.2, 0.25) is 5.95 Å². The molecule has 3 aromatic rings. The minimum Gasteiger partial charge on any atom is -0.488 e. The fraction of sp³-hybridized carbons (Fsp3) is 0.407. The highest BCUT2D eigenvalue weighted by molar-refractivity contribution is 5.63. The first-order valence-electron chi connectivity index (χ1n) is 11.9. The minimum atomic E-state index is -4.60. The van der Waals surface area contributed by atoms with E-state index in [1.54, 1.807) is 24.3 Å². The third-order valence-corrected chi connectivity index (χ3v) is 5.16. The summed E-state index contributed by atoms with van der Waals surface area (Å²) in [5.41, 5.74) is 1.06. The Hall–Kier alpha value is -3.29. The van der Waals surface area contributed by atoms with Crippen molar-refractivity contribution in [3.63, 3.8) is 0 Å². The van der Waals surface area contributed by atoms with Gasteiger partial charge in [-0.15, -0.1) is 0 Å². The lowest BCUT2D eigenvalue weighted by Crippen LogP contribution is -2.22. The lowest BCUT2D eigenvalue weighted by atomic mass is 10.1. The monoisotopic (exact) mass is 486 g/mol. The number of halogens is 3. The molecule has 2 N–H and O–H groups in total. The average Bonchev–Trinajstić information content (AvgIpc) is 2.78. The summed E-state index contributed by atoms with van der Waals surface area (Å²) >= 11 is 0. The maximum absolute atomic E-state index is 13.6. The Morgan fingerprint density at radius 1 is 0.829 bits per heavy atom. The number of unbranched alkanes of at least 4 members (excludes halogenated alkanes) is 3. The molecule has 0 fully saturated rings. The summed E-state index contributed by atoms with van der Waals surface area (Å²) in [6.07, 6.45) is 1.97. The normalized spacial score (nSPS) is 11.9. The third-order valence-electron chi connectivity index (χ3n) is 5.16. The topological polar surface area (TPSA) is 59.1 Å². The maximum Gasteiger partial charge on any atom is 0.421 e. The predicted molar refractivity (Wildman–Crippen MR) is 135 cm³/mol. The van der Waals surface area contributed by atoms with Crippen LogP contribution in [-0.4, -0.2) is 15.6 Å². The maximum atomic E-state index is 13.6. The number of nitrogens with one attached hydrogen (secondary N) is 2. The molecule has 8 heteroatoms. The van der Waals surface area contributed by atoms with Crippen molar-refractivity contribution in [3.8, 4) is 5.75 Å². The average molecular weight is 487 g/mol. The van der Waals surface area contributed by atoms with Gasteiger partial charge in [-0.05, 0) is 75.6 Å². The first-order chi connectivity index (χ1) is 16.5. The highest BCUT2D eigenvalue weighted by Gasteiger charge is 2.35. The Labute approximate surface area is 205 Å². The van der Waals surface area contributed by atoms with E-state index >= 15 is 0 Å². The molecule has 0 unspecified atom stereocenters. The summed E-state index contributed by atoms with van der Waals surface area (Å²) < 4.78 is 46.5. The summed E-state index contributed by atoms with van der Waals surface area (Å²) in [5.74, 6) is 0.369. The minimum absolute atomic E-state index is 0.0730. The zero-order valence-electron chi connectivity index (χ0n) is 20.7. The van der Waals surface area contributed by atoms with Gasteiger partial charge in [-0.25, -0.2) is 4.98 Å². The van der Waals surface area contributed by atoms with Crippen LogP contribution in [0.1, 0.15) is 64.5 Å². The van der Waals surface area contributed by atoms with Crippen molar-refractivity contribution >= 4 is 23.1 Å². The Bertz CT molecular complexity index is 1080. The fourth-order valence-electron chi connectivity index (χ4n) is 3.48. The molecule has 1 heterocycles. The number of hydrogen-bond acceptors (Lipinski definition) is 5. The van der Waals surface area contributed by atoms with Crippen LogP contribution in [0.2, 0.25) is 0 Å². The first-order valence-corrected chi connectivity index (χ1v) is 11.9. The molecule has 0 saturated heterocycles. The number of nitrogens with zero attached hydrogens (tertiary/aromatic N) is 2. The Morgan fingerprint density at radius 2 is 1.46 bits per heavy atom. The number of rotatable bonds is 10. The molecule has 3 rings (SSSR count). The van der Waals surface area contributed by atoms with Crippen LogP contribution < -0.4 is 15.4 Å². The van der Waals surface area contributed by atoms with Crippen LogP contribution in [0.25, 0.3) is 0 Å². The summed E-state index contributed by atoms with van der Waals surface area (Å²) in [7, 11) is 0. The van der Waals surface area contributed by atoms with Gasteiger partial charge >= 0.3 is 6.18 Å². The van der Waals surface area contributed by atoms with Gasteiger partial charge in [0.05, 0.1) is 0 Å². The molecule has 0 spiro atoms. The molecule has 2 aromatic carbocycles. The van der Waals surface area contributed by atoms with Gasteiger partial charge in [-0.1, -0.05) is 38.3 Å². The Kier molecular flexibility index (Phi) is 8.59. The van der Waals surface area contributed by atoms with Crippen molar-refractivity contribution in [2.24, 2.45) is 0 Å². The summed E-state index contributed by atoms with van der Waals surface area (Å²) in [6.45, 7) is 7.95. The summed E-state index contributed by atoms with van der Waals surface area (Å²) in [4.78, 5) is 8.01. The number of ether oxygens (including phenoxy) is 1. The Morgan fingerprint density at radius 3 is 2.06 bits per heavy atom. The van der Waals surface area contributed by atoms with Gasteiger partial charge in [0.15, 0.2) is 0 Å². The van der Waals surface area contributed by atoms with Crippen molar-refractivity contribution in [1.82, 2.24) is 9.97 Å². The van der Waals surface area contributed by atoms with E-state index in [0.29, 0.717) is 17.1 Å². The van der Waals surface area contributed by atoms with Gasteiger partial charge in [0, 0.05) is 17.6 Å². The number of aromatic nitrogens is 2. The van der Waals surface area contributed by atoms with Gasteiger partial charge < -0.3 is 15.4 Å². The molecule has 0 aliphatic carbocycles. The smallest absolute Gasteiger partial charge is 0.421 e. The summed E-state index contributed by atoms with van der Waals surface area (Å²) in [6, 6.07) is 14.5. The van der Waals surface area contributed by atoms with Crippen molar-refractivity contribution < 1.29 is 17.9 Å². The highest BCUT2D eigenvalue weighted by Crippen LogP contribution is 2.35. The number of aryl methyl sites for hydroxylation is 1. The van der Waals surface area contributed by atoms with E-state index in [9.17, 15) is 13.2 Å². The lowest BCUT2D eigenvalue weighted by molar-refractivity contribution is -0.137. The predicted octanol–water partition coefficient (Wildman–Crippen LogP) is 8.28. The first kappa shape index (κ1) is 26.3. The molecular weight excluding hydrogens is 453 g/mol. The fourth-order valence-corrected chi connectivity index (χ4v) is 3.48. The molecule has 0 aliphatic rings. The van der Waals surface area contributed by atoms with Crippen molar-refractivity contribution in [2.75, 3.05) is 10.6 Å². The molecule has 0 atom stereocenters. The van der Waals surface area contributed by atoms with Crippen LogP contribution in [0, 0.1) is 0 Å². The van der Waals surface area contributed by atoms with E-state index in [0.717, 1.165) is 19.0 Å². The zero-order valence-corrected chi connectivity index (χ0v) is 20.7. The van der Waals surface area contributed by atoms with Gasteiger partial charge in [0.25, 0.3) is 0 Å². The van der Waals surface area contributed by atoms with Gasteiger partial charge in [0.1, 0.15) is 22.7 Å². The zero-order chi connectivity index (χ0) is 25.5. The quantitative estimate of drug-likeness (QED) is 0.282. The van der Waals surface area contributed by atoms with Crippen LogP contribution >= 0.6 is 0 Å². The largest absolute Gasteiger partial charge is 0.488 e. The van der Waals surface area contributed by atoms with E-state index in [1.165, 1.54) is 24.8 Å². The molecule has 1 aromatic heterocycles. The van der Waals surface area contributed by atoms with Gasteiger partial charge in [-0.3, -0.25) is 0 Å². The lowest BCUT2D eigenvalue weighted by Gasteiger charge is -2.21. The SMILES string of the molecule is CCCCCCc1ccc(Nc2ncc(C(F)(F)F)c(Nc3ccc(OC(C)(C)C)cc3)n2)cc1. The molecule has 0 radical (unpaired) electrons. The molecule has 0 aliphatic heterocycles. The molecule has 0 bridgehead atoms. The molecule has 35 heavy (non-hydrogen) atoms. The van der Waals surface area contributed by atoms with E-state index in [4.69, 9.17) is 4.74 Å². The Balaban J connectivity index is 1.74. The van der Waals surface area contributed by atoms with E-state index in [2.05, 4.69) is 27.5 Å².